The molecule has 0 atom stereocenters. The van der Waals surface area contributed by atoms with Crippen molar-refractivity contribution in [1.29, 1.82) is 0 Å². The fourth-order valence-corrected chi connectivity index (χ4v) is 15.6. The quantitative estimate of drug-likeness (QED) is 0.0373. The van der Waals surface area contributed by atoms with E-state index in [0.29, 0.717) is 16.6 Å². The van der Waals surface area contributed by atoms with Crippen LogP contribution in [0.5, 0.6) is 0 Å². The first kappa shape index (κ1) is 44.8. The molecule has 60 heavy (non-hydrogen) atoms. The highest BCUT2D eigenvalue weighted by Gasteiger charge is 2.41. The zero-order valence-electron chi connectivity index (χ0n) is 38.3. The number of hydrogen-bond donors (Lipinski definition) is 0. The van der Waals surface area contributed by atoms with Gasteiger partial charge in [0.1, 0.15) is 8.07 Å². The maximum absolute atomic E-state index is 6.12. The van der Waals surface area contributed by atoms with Crippen LogP contribution in [0.2, 0.25) is 16.6 Å². The lowest BCUT2D eigenvalue weighted by Crippen LogP contribution is -2.43. The minimum atomic E-state index is -1.92. The molecular formula is C59H70Si. The Morgan fingerprint density at radius 2 is 0.750 bits per heavy atom. The fraction of sp³-hybridized carbons (Fsp3) is 0.424. The van der Waals surface area contributed by atoms with Gasteiger partial charge in [0, 0.05) is 22.3 Å². The Balaban J connectivity index is 1.51. The predicted octanol–water partition coefficient (Wildman–Crippen LogP) is 17.1. The van der Waals surface area contributed by atoms with Gasteiger partial charge in [0.15, 0.2) is 0 Å². The van der Waals surface area contributed by atoms with Crippen LogP contribution < -0.4 is 0 Å². The average Bonchev–Trinajstić information content (AvgIpc) is 3.24. The summed E-state index contributed by atoms with van der Waals surface area (Å²) in [6.07, 6.45) is 23.6. The molecule has 0 heterocycles. The molecule has 0 bridgehead atoms. The SMILES string of the molecule is C#Cc1cccc2c(CCCCCCCC)c3cccc(C#Cc4cccc5c(CCCCCCCC)c6cccc(C#C[Si](C(C)C)(C(C)C)C(C)C)c6cc45)c3cc12. The highest BCUT2D eigenvalue weighted by molar-refractivity contribution is 6.90. The lowest BCUT2D eigenvalue weighted by Gasteiger charge is -2.38. The monoisotopic (exact) mass is 807 g/mol. The molecule has 0 unspecified atom stereocenters. The number of benzene rings is 6. The first-order valence-electron chi connectivity index (χ1n) is 23.6. The van der Waals surface area contributed by atoms with Crippen molar-refractivity contribution in [3.8, 4) is 35.6 Å². The van der Waals surface area contributed by atoms with Crippen molar-refractivity contribution >= 4 is 51.2 Å². The third kappa shape index (κ3) is 9.73. The van der Waals surface area contributed by atoms with Gasteiger partial charge in [-0.1, -0.05) is 192 Å². The minimum absolute atomic E-state index is 0.586. The van der Waals surface area contributed by atoms with Gasteiger partial charge in [-0.15, -0.1) is 12.0 Å². The van der Waals surface area contributed by atoms with E-state index in [9.17, 15) is 0 Å². The lowest BCUT2D eigenvalue weighted by molar-refractivity contribution is 0.609. The molecule has 0 fully saturated rings. The van der Waals surface area contributed by atoms with Gasteiger partial charge in [0.25, 0.3) is 0 Å². The highest BCUT2D eigenvalue weighted by atomic mass is 28.3. The fourth-order valence-electron chi connectivity index (χ4n) is 10.4. The summed E-state index contributed by atoms with van der Waals surface area (Å²) in [5.41, 5.74) is 12.9. The van der Waals surface area contributed by atoms with Gasteiger partial charge < -0.3 is 0 Å². The third-order valence-corrected chi connectivity index (χ3v) is 19.9. The number of aryl methyl sites for hydroxylation is 2. The normalized spacial score (nSPS) is 11.8. The predicted molar refractivity (Wildman–Crippen MR) is 269 cm³/mol. The Hall–Kier alpha value is -4.74. The average molecular weight is 807 g/mol. The van der Waals surface area contributed by atoms with E-state index in [4.69, 9.17) is 6.42 Å². The van der Waals surface area contributed by atoms with Crippen molar-refractivity contribution in [3.63, 3.8) is 0 Å². The Kier molecular flexibility index (Phi) is 15.8. The van der Waals surface area contributed by atoms with Crippen molar-refractivity contribution in [1.82, 2.24) is 0 Å². The number of unbranched alkanes of at least 4 members (excludes halogenated alkanes) is 10. The lowest BCUT2D eigenvalue weighted by atomic mass is 9.89. The van der Waals surface area contributed by atoms with Crippen LogP contribution in [0.1, 0.15) is 166 Å². The molecule has 310 valence electrons. The summed E-state index contributed by atoms with van der Waals surface area (Å²) in [5, 5.41) is 10.1. The second-order valence-electron chi connectivity index (χ2n) is 18.4. The van der Waals surface area contributed by atoms with Crippen LogP contribution in [-0.2, 0) is 12.8 Å². The van der Waals surface area contributed by atoms with Gasteiger partial charge in [-0.2, -0.15) is 0 Å². The Morgan fingerprint density at radius 3 is 1.12 bits per heavy atom. The molecule has 0 N–H and O–H groups in total. The van der Waals surface area contributed by atoms with E-state index in [2.05, 4.69) is 170 Å². The van der Waals surface area contributed by atoms with Crippen molar-refractivity contribution in [3.05, 3.63) is 118 Å². The summed E-state index contributed by atoms with van der Waals surface area (Å²) in [4.78, 5) is 0. The highest BCUT2D eigenvalue weighted by Crippen LogP contribution is 2.41. The zero-order valence-corrected chi connectivity index (χ0v) is 39.3. The van der Waals surface area contributed by atoms with E-state index < -0.39 is 8.07 Å². The summed E-state index contributed by atoms with van der Waals surface area (Å²) in [5.74, 6) is 14.3. The summed E-state index contributed by atoms with van der Waals surface area (Å²) in [7, 11) is -1.92. The van der Waals surface area contributed by atoms with E-state index in [1.54, 1.807) is 0 Å². The molecule has 0 saturated heterocycles. The van der Waals surface area contributed by atoms with Crippen LogP contribution in [0.15, 0.2) is 84.9 Å². The van der Waals surface area contributed by atoms with E-state index in [-0.39, 0.29) is 0 Å². The van der Waals surface area contributed by atoms with Crippen LogP contribution in [0, 0.1) is 35.6 Å². The molecule has 0 aliphatic heterocycles. The maximum Gasteiger partial charge on any atom is 0.146 e. The Bertz CT molecular complexity index is 2560. The third-order valence-electron chi connectivity index (χ3n) is 13.6. The van der Waals surface area contributed by atoms with Crippen molar-refractivity contribution in [2.75, 3.05) is 0 Å². The summed E-state index contributed by atoms with van der Waals surface area (Å²) < 4.78 is 0. The molecule has 0 aliphatic rings. The second kappa shape index (κ2) is 21.2. The van der Waals surface area contributed by atoms with E-state index in [1.807, 2.05) is 0 Å². The molecule has 6 aromatic rings. The van der Waals surface area contributed by atoms with Crippen LogP contribution in [0.4, 0.5) is 0 Å². The largest absolute Gasteiger partial charge is 0.146 e. The van der Waals surface area contributed by atoms with Crippen LogP contribution in [-0.4, -0.2) is 8.07 Å². The Labute approximate surface area is 365 Å². The van der Waals surface area contributed by atoms with Crippen LogP contribution >= 0.6 is 0 Å². The minimum Gasteiger partial charge on any atom is -0.125 e. The molecule has 1 heteroatoms. The van der Waals surface area contributed by atoms with Gasteiger partial charge in [0.2, 0.25) is 0 Å². The zero-order chi connectivity index (χ0) is 42.6. The summed E-state index contributed by atoms with van der Waals surface area (Å²) >= 11 is 0. The summed E-state index contributed by atoms with van der Waals surface area (Å²) in [6.45, 7) is 19.0. The van der Waals surface area contributed by atoms with Crippen molar-refractivity contribution in [2.24, 2.45) is 0 Å². The molecule has 0 radical (unpaired) electrons. The number of rotatable bonds is 17. The van der Waals surface area contributed by atoms with E-state index in [0.717, 1.165) is 40.5 Å². The molecule has 0 amide bonds. The molecule has 0 saturated carbocycles. The van der Waals surface area contributed by atoms with Gasteiger partial charge in [-0.05, 0) is 133 Å². The number of terminal acetylenes is 1. The first-order chi connectivity index (χ1) is 29.2. The number of fused-ring (bicyclic) bond motifs is 4. The van der Waals surface area contributed by atoms with Gasteiger partial charge >= 0.3 is 0 Å². The smallest absolute Gasteiger partial charge is 0.125 e. The molecular weight excluding hydrogens is 737 g/mol. The second-order valence-corrected chi connectivity index (χ2v) is 24.0. The van der Waals surface area contributed by atoms with E-state index in [1.165, 1.54) is 126 Å². The maximum atomic E-state index is 6.12. The van der Waals surface area contributed by atoms with E-state index >= 15 is 0 Å². The number of hydrogen-bond acceptors (Lipinski definition) is 0. The Morgan fingerprint density at radius 1 is 0.417 bits per heavy atom. The molecule has 0 spiro atoms. The topological polar surface area (TPSA) is 0 Å². The van der Waals surface area contributed by atoms with Gasteiger partial charge in [-0.25, -0.2) is 0 Å². The molecule has 0 nitrogen and oxygen atoms in total. The van der Waals surface area contributed by atoms with Gasteiger partial charge in [-0.3, -0.25) is 0 Å². The standard InChI is InChI=1S/C59H70Si/c1-10-13-15-17-19-21-31-50-52-33-23-27-46(12-3)56(52)41-57-47(28-24-34-53(50)57)37-38-48-29-25-35-54-51(32-22-20-18-16-14-11-2)55-36-26-30-49(59(55)42-58(48)54)39-40-60(43(4)5,44(6)7)45(8)9/h3,23-30,33-36,41-45H,10-11,13-22,31-32H2,1-2,4-9H3. The molecule has 6 rings (SSSR count). The van der Waals surface area contributed by atoms with Gasteiger partial charge in [0.05, 0.1) is 0 Å². The van der Waals surface area contributed by atoms with Crippen molar-refractivity contribution < 1.29 is 0 Å². The molecule has 0 aliphatic carbocycles. The summed E-state index contributed by atoms with van der Waals surface area (Å²) in [6, 6.07) is 31.5. The molecule has 6 aromatic carbocycles. The van der Waals surface area contributed by atoms with Crippen LogP contribution in [0.25, 0.3) is 43.1 Å². The molecule has 0 aromatic heterocycles. The first-order valence-corrected chi connectivity index (χ1v) is 25.9. The van der Waals surface area contributed by atoms with Crippen molar-refractivity contribution in [2.45, 2.75) is 162 Å². The van der Waals surface area contributed by atoms with Crippen LogP contribution in [0.3, 0.4) is 0 Å².